The zero-order valence-electron chi connectivity index (χ0n) is 14.5. The van der Waals surface area contributed by atoms with E-state index < -0.39 is 0 Å². The largest absolute Gasteiger partial charge is 0.338 e. The molecule has 1 aromatic rings. The van der Waals surface area contributed by atoms with Gasteiger partial charge in [-0.05, 0) is 38.3 Å². The summed E-state index contributed by atoms with van der Waals surface area (Å²) in [5, 5.41) is 5.68. The summed E-state index contributed by atoms with van der Waals surface area (Å²) in [6.07, 6.45) is 1.17. The molecule has 0 radical (unpaired) electrons. The molecule has 6 nitrogen and oxygen atoms in total. The molecule has 0 aromatic heterocycles. The van der Waals surface area contributed by atoms with E-state index in [1.54, 1.807) is 0 Å². The topological polar surface area (TPSA) is 78.5 Å². The van der Waals surface area contributed by atoms with Crippen LogP contribution in [-0.4, -0.2) is 35.8 Å². The van der Waals surface area contributed by atoms with E-state index in [2.05, 4.69) is 16.7 Å². The Morgan fingerprint density at radius 1 is 1.21 bits per heavy atom. The van der Waals surface area contributed by atoms with E-state index in [-0.39, 0.29) is 23.9 Å². The molecule has 2 N–H and O–H groups in total. The van der Waals surface area contributed by atoms with Gasteiger partial charge in [0.05, 0.1) is 6.04 Å². The van der Waals surface area contributed by atoms with Crippen LogP contribution in [0.3, 0.4) is 0 Å². The lowest BCUT2D eigenvalue weighted by atomic mass is 10.0. The van der Waals surface area contributed by atoms with Gasteiger partial charge in [0.15, 0.2) is 0 Å². The van der Waals surface area contributed by atoms with Gasteiger partial charge in [0.1, 0.15) is 0 Å². The van der Waals surface area contributed by atoms with Gasteiger partial charge in [-0.15, -0.1) is 0 Å². The van der Waals surface area contributed by atoms with Crippen LogP contribution in [0.25, 0.3) is 0 Å². The average Bonchev–Trinajstić information content (AvgIpc) is 2.85. The molecule has 0 aliphatic carbocycles. The van der Waals surface area contributed by atoms with Gasteiger partial charge in [-0.3, -0.25) is 14.5 Å². The highest BCUT2D eigenvalue weighted by Crippen LogP contribution is 2.18. The molecule has 1 fully saturated rings. The fourth-order valence-corrected chi connectivity index (χ4v) is 2.86. The standard InChI is InChI=1S/C18H25N3O3/c1-12-5-6-13(2)15(11-12)14(3)20-18(24)19-9-4-10-21-16(22)7-8-17(21)23/h5-6,11,14H,4,7-10H2,1-3H3,(H2,19,20,24)/t14-/m0/s1. The first-order chi connectivity index (χ1) is 11.4. The number of rotatable bonds is 6. The van der Waals surface area contributed by atoms with Crippen LogP contribution in [0.15, 0.2) is 18.2 Å². The van der Waals surface area contributed by atoms with Gasteiger partial charge in [-0.2, -0.15) is 0 Å². The number of carbonyl (C=O) groups is 3. The molecule has 1 saturated heterocycles. The monoisotopic (exact) mass is 331 g/mol. The molecule has 1 atom stereocenters. The maximum atomic E-state index is 12.0. The highest BCUT2D eigenvalue weighted by Gasteiger charge is 2.27. The summed E-state index contributed by atoms with van der Waals surface area (Å²) < 4.78 is 0. The van der Waals surface area contributed by atoms with Crippen molar-refractivity contribution < 1.29 is 14.4 Å². The molecular weight excluding hydrogens is 306 g/mol. The molecule has 2 rings (SSSR count). The van der Waals surface area contributed by atoms with Crippen LogP contribution >= 0.6 is 0 Å². The lowest BCUT2D eigenvalue weighted by molar-refractivity contribution is -0.138. The Hall–Kier alpha value is -2.37. The third-order valence-corrected chi connectivity index (χ3v) is 4.25. The number of urea groups is 1. The Balaban J connectivity index is 1.74. The zero-order valence-corrected chi connectivity index (χ0v) is 14.5. The Labute approximate surface area is 142 Å². The van der Waals surface area contributed by atoms with Crippen molar-refractivity contribution in [1.82, 2.24) is 15.5 Å². The summed E-state index contributed by atoms with van der Waals surface area (Å²) >= 11 is 0. The van der Waals surface area contributed by atoms with E-state index in [0.29, 0.717) is 32.4 Å². The number of imide groups is 1. The molecule has 1 aromatic carbocycles. The minimum absolute atomic E-state index is 0.0911. The van der Waals surface area contributed by atoms with Gasteiger partial charge in [0.25, 0.3) is 0 Å². The molecule has 0 bridgehead atoms. The number of nitrogens with zero attached hydrogens (tertiary/aromatic N) is 1. The van der Waals surface area contributed by atoms with Gasteiger partial charge >= 0.3 is 6.03 Å². The van der Waals surface area contributed by atoms with Crippen LogP contribution in [0.2, 0.25) is 0 Å². The number of aryl methyl sites for hydroxylation is 2. The molecule has 1 heterocycles. The van der Waals surface area contributed by atoms with E-state index in [4.69, 9.17) is 0 Å². The summed E-state index contributed by atoms with van der Waals surface area (Å²) in [5.41, 5.74) is 3.39. The molecule has 1 aliphatic heterocycles. The van der Waals surface area contributed by atoms with Crippen LogP contribution in [0.4, 0.5) is 4.79 Å². The first-order valence-corrected chi connectivity index (χ1v) is 8.33. The van der Waals surface area contributed by atoms with E-state index in [1.165, 1.54) is 4.90 Å². The average molecular weight is 331 g/mol. The van der Waals surface area contributed by atoms with Gasteiger partial charge in [0, 0.05) is 25.9 Å². The SMILES string of the molecule is Cc1ccc(C)c([C@H](C)NC(=O)NCCCN2C(=O)CCC2=O)c1. The molecule has 0 unspecified atom stereocenters. The number of hydrogen-bond donors (Lipinski definition) is 2. The Morgan fingerprint density at radius 2 is 1.88 bits per heavy atom. The van der Waals surface area contributed by atoms with Gasteiger partial charge in [-0.25, -0.2) is 4.79 Å². The minimum Gasteiger partial charge on any atom is -0.338 e. The number of hydrogen-bond acceptors (Lipinski definition) is 3. The molecule has 1 aliphatic rings. The predicted octanol–water partition coefficient (Wildman–Crippen LogP) is 2.20. The number of nitrogens with one attached hydrogen (secondary N) is 2. The quantitative estimate of drug-likeness (QED) is 0.619. The van der Waals surface area contributed by atoms with Gasteiger partial charge in [0.2, 0.25) is 11.8 Å². The lowest BCUT2D eigenvalue weighted by Gasteiger charge is -2.18. The fraction of sp³-hybridized carbons (Fsp3) is 0.500. The van der Waals surface area contributed by atoms with Crippen molar-refractivity contribution in [3.63, 3.8) is 0 Å². The van der Waals surface area contributed by atoms with Gasteiger partial charge in [-0.1, -0.05) is 23.8 Å². The minimum atomic E-state index is -0.248. The number of benzene rings is 1. The zero-order chi connectivity index (χ0) is 17.7. The molecule has 4 amide bonds. The molecular formula is C18H25N3O3. The molecule has 0 saturated carbocycles. The van der Waals surface area contributed by atoms with E-state index in [0.717, 1.165) is 16.7 Å². The first-order valence-electron chi connectivity index (χ1n) is 8.33. The highest BCUT2D eigenvalue weighted by atomic mass is 16.2. The Morgan fingerprint density at radius 3 is 2.54 bits per heavy atom. The van der Waals surface area contributed by atoms with Gasteiger partial charge < -0.3 is 10.6 Å². The van der Waals surface area contributed by atoms with Crippen LogP contribution in [0.5, 0.6) is 0 Å². The van der Waals surface area contributed by atoms with Crippen molar-refractivity contribution in [3.8, 4) is 0 Å². The van der Waals surface area contributed by atoms with Crippen molar-refractivity contribution in [1.29, 1.82) is 0 Å². The van der Waals surface area contributed by atoms with Crippen molar-refractivity contribution in [3.05, 3.63) is 34.9 Å². The molecule has 0 spiro atoms. The van der Waals surface area contributed by atoms with Crippen LogP contribution in [0, 0.1) is 13.8 Å². The third-order valence-electron chi connectivity index (χ3n) is 4.25. The van der Waals surface area contributed by atoms with Crippen molar-refractivity contribution in [2.24, 2.45) is 0 Å². The fourth-order valence-electron chi connectivity index (χ4n) is 2.86. The summed E-state index contributed by atoms with van der Waals surface area (Å²) in [6.45, 7) is 6.78. The summed E-state index contributed by atoms with van der Waals surface area (Å²) in [7, 11) is 0. The second-order valence-electron chi connectivity index (χ2n) is 6.27. The van der Waals surface area contributed by atoms with Crippen molar-refractivity contribution in [2.75, 3.05) is 13.1 Å². The van der Waals surface area contributed by atoms with Crippen molar-refractivity contribution >= 4 is 17.8 Å². The maximum absolute atomic E-state index is 12.0. The first kappa shape index (κ1) is 18.0. The van der Waals surface area contributed by atoms with Crippen LogP contribution in [0.1, 0.15) is 48.9 Å². The number of likely N-dealkylation sites (tertiary alicyclic amines) is 1. The summed E-state index contributed by atoms with van der Waals surface area (Å²) in [5.74, 6) is -0.235. The molecule has 6 heteroatoms. The number of amides is 4. The smallest absolute Gasteiger partial charge is 0.315 e. The van der Waals surface area contributed by atoms with Crippen LogP contribution in [-0.2, 0) is 9.59 Å². The molecule has 24 heavy (non-hydrogen) atoms. The van der Waals surface area contributed by atoms with E-state index in [1.807, 2.05) is 32.9 Å². The number of carbonyl (C=O) groups excluding carboxylic acids is 3. The van der Waals surface area contributed by atoms with Crippen LogP contribution < -0.4 is 10.6 Å². The lowest BCUT2D eigenvalue weighted by Crippen LogP contribution is -2.39. The second-order valence-corrected chi connectivity index (χ2v) is 6.27. The van der Waals surface area contributed by atoms with E-state index in [9.17, 15) is 14.4 Å². The second kappa shape index (κ2) is 7.95. The van der Waals surface area contributed by atoms with E-state index >= 15 is 0 Å². The summed E-state index contributed by atoms with van der Waals surface area (Å²) in [4.78, 5) is 36.2. The molecule has 130 valence electrons. The normalized spacial score (nSPS) is 15.5. The third kappa shape index (κ3) is 4.57. The highest BCUT2D eigenvalue weighted by molar-refractivity contribution is 6.01. The Bertz CT molecular complexity index is 626. The summed E-state index contributed by atoms with van der Waals surface area (Å²) in [6, 6.07) is 5.83. The Kier molecular flexibility index (Phi) is 5.95. The predicted molar refractivity (Wildman–Crippen MR) is 91.4 cm³/mol. The van der Waals surface area contributed by atoms with Crippen molar-refractivity contribution in [2.45, 2.75) is 46.1 Å². The maximum Gasteiger partial charge on any atom is 0.315 e.